The zero-order valence-corrected chi connectivity index (χ0v) is 15.1. The first-order valence-electron chi connectivity index (χ1n) is 8.90. The van der Waals surface area contributed by atoms with Gasteiger partial charge in [0, 0.05) is 25.6 Å². The second-order valence-corrected chi connectivity index (χ2v) is 8.67. The van der Waals surface area contributed by atoms with Crippen molar-refractivity contribution in [1.29, 1.82) is 0 Å². The van der Waals surface area contributed by atoms with E-state index in [2.05, 4.69) is 6.92 Å². The second-order valence-electron chi connectivity index (χ2n) is 6.66. The van der Waals surface area contributed by atoms with Gasteiger partial charge in [-0.25, -0.2) is 8.42 Å². The minimum Gasteiger partial charge on any atom is -0.340 e. The number of hydrogen-bond acceptors (Lipinski definition) is 3. The van der Waals surface area contributed by atoms with Crippen molar-refractivity contribution in [3.8, 4) is 0 Å². The maximum Gasteiger partial charge on any atom is 0.235 e. The highest BCUT2D eigenvalue weighted by Gasteiger charge is 2.31. The number of sulfonamides is 1. The van der Waals surface area contributed by atoms with Crippen LogP contribution in [0.2, 0.25) is 0 Å². The molecule has 0 bridgehead atoms. The molecule has 1 unspecified atom stereocenters. The fraction of sp³-hybridized carbons (Fsp3) is 0.611. The van der Waals surface area contributed by atoms with Crippen molar-refractivity contribution in [2.24, 2.45) is 0 Å². The van der Waals surface area contributed by atoms with Crippen molar-refractivity contribution in [2.75, 3.05) is 23.1 Å². The van der Waals surface area contributed by atoms with E-state index in [0.717, 1.165) is 49.9 Å². The lowest BCUT2D eigenvalue weighted by Crippen LogP contribution is -2.44. The highest BCUT2D eigenvalue weighted by Crippen LogP contribution is 2.30. The number of fused-ring (bicyclic) bond motifs is 1. The standard InChI is InChI=1S/C18H26N2O3S/c1-2-16-8-5-6-12-19(16)18(21)11-14-24(22,23)20-13-10-15-7-3-4-9-17(15)20/h3-4,7,9,16H,2,5-6,8,10-14H2,1H3. The van der Waals surface area contributed by atoms with Crippen LogP contribution in [0.3, 0.4) is 0 Å². The van der Waals surface area contributed by atoms with E-state index in [9.17, 15) is 13.2 Å². The van der Waals surface area contributed by atoms with Gasteiger partial charge in [-0.1, -0.05) is 25.1 Å². The summed E-state index contributed by atoms with van der Waals surface area (Å²) in [6.07, 6.45) is 4.98. The van der Waals surface area contributed by atoms with Crippen molar-refractivity contribution in [3.63, 3.8) is 0 Å². The smallest absolute Gasteiger partial charge is 0.235 e. The minimum absolute atomic E-state index is 0.0161. The zero-order chi connectivity index (χ0) is 17.2. The molecule has 3 rings (SSSR count). The Morgan fingerprint density at radius 2 is 2.00 bits per heavy atom. The Bertz CT molecular complexity index is 702. The number of likely N-dealkylation sites (tertiary alicyclic amines) is 1. The number of hydrogen-bond donors (Lipinski definition) is 0. The van der Waals surface area contributed by atoms with Gasteiger partial charge in [-0.15, -0.1) is 0 Å². The van der Waals surface area contributed by atoms with Gasteiger partial charge in [-0.05, 0) is 43.7 Å². The van der Waals surface area contributed by atoms with Gasteiger partial charge in [-0.2, -0.15) is 0 Å². The predicted molar refractivity (Wildman–Crippen MR) is 95.5 cm³/mol. The molecule has 1 fully saturated rings. The van der Waals surface area contributed by atoms with Crippen LogP contribution in [0.1, 0.15) is 44.6 Å². The highest BCUT2D eigenvalue weighted by atomic mass is 32.2. The second kappa shape index (κ2) is 7.13. The van der Waals surface area contributed by atoms with Gasteiger partial charge in [0.15, 0.2) is 0 Å². The van der Waals surface area contributed by atoms with Crippen molar-refractivity contribution in [1.82, 2.24) is 4.90 Å². The van der Waals surface area contributed by atoms with Crippen molar-refractivity contribution < 1.29 is 13.2 Å². The number of rotatable bonds is 5. The molecule has 0 aromatic heterocycles. The molecule has 2 aliphatic heterocycles. The molecule has 1 atom stereocenters. The maximum absolute atomic E-state index is 12.7. The molecular weight excluding hydrogens is 324 g/mol. The van der Waals surface area contributed by atoms with Gasteiger partial charge >= 0.3 is 0 Å². The quantitative estimate of drug-likeness (QED) is 0.820. The molecule has 0 spiro atoms. The number of anilines is 1. The Morgan fingerprint density at radius 1 is 1.21 bits per heavy atom. The topological polar surface area (TPSA) is 57.7 Å². The summed E-state index contributed by atoms with van der Waals surface area (Å²) in [5.41, 5.74) is 1.84. The number of para-hydroxylation sites is 1. The molecule has 2 heterocycles. The molecule has 1 amide bonds. The largest absolute Gasteiger partial charge is 0.340 e. The molecule has 5 nitrogen and oxygen atoms in total. The molecule has 0 N–H and O–H groups in total. The van der Waals surface area contributed by atoms with Gasteiger partial charge in [0.1, 0.15) is 0 Å². The third-order valence-corrected chi connectivity index (χ3v) is 6.94. The van der Waals surface area contributed by atoms with Crippen LogP contribution in [0, 0.1) is 0 Å². The van der Waals surface area contributed by atoms with E-state index in [1.54, 1.807) is 0 Å². The summed E-state index contributed by atoms with van der Waals surface area (Å²) in [4.78, 5) is 14.4. The van der Waals surface area contributed by atoms with E-state index in [0.29, 0.717) is 6.54 Å². The number of carbonyl (C=O) groups is 1. The SMILES string of the molecule is CCC1CCCCN1C(=O)CCS(=O)(=O)N1CCc2ccccc21. The average Bonchev–Trinajstić information content (AvgIpc) is 3.04. The average molecular weight is 350 g/mol. The molecule has 0 aliphatic carbocycles. The highest BCUT2D eigenvalue weighted by molar-refractivity contribution is 7.92. The van der Waals surface area contributed by atoms with Crippen LogP contribution in [0.4, 0.5) is 5.69 Å². The fourth-order valence-electron chi connectivity index (χ4n) is 3.82. The van der Waals surface area contributed by atoms with E-state index in [1.807, 2.05) is 29.2 Å². The number of piperidine rings is 1. The molecule has 0 saturated carbocycles. The monoisotopic (exact) mass is 350 g/mol. The Kier molecular flexibility index (Phi) is 5.13. The summed E-state index contributed by atoms with van der Waals surface area (Å²) in [5.74, 6) is -0.120. The molecule has 1 aromatic carbocycles. The van der Waals surface area contributed by atoms with E-state index >= 15 is 0 Å². The molecule has 1 aromatic rings. The van der Waals surface area contributed by atoms with Crippen LogP contribution in [0.25, 0.3) is 0 Å². The Balaban J connectivity index is 1.64. The third kappa shape index (κ3) is 3.43. The van der Waals surface area contributed by atoms with Gasteiger partial charge < -0.3 is 4.90 Å². The minimum atomic E-state index is -3.45. The van der Waals surface area contributed by atoms with Crippen LogP contribution in [-0.2, 0) is 21.2 Å². The Labute approximate surface area is 144 Å². The first-order chi connectivity index (χ1) is 11.5. The molecular formula is C18H26N2O3S. The summed E-state index contributed by atoms with van der Waals surface area (Å²) in [7, 11) is -3.45. The third-order valence-electron chi connectivity index (χ3n) is 5.17. The molecule has 1 saturated heterocycles. The Hall–Kier alpha value is -1.56. The normalized spacial score (nSPS) is 21.0. The van der Waals surface area contributed by atoms with Crippen LogP contribution in [0.15, 0.2) is 24.3 Å². The van der Waals surface area contributed by atoms with Gasteiger partial charge in [-0.3, -0.25) is 9.10 Å². The predicted octanol–water partition coefficient (Wildman–Crippen LogP) is 2.56. The summed E-state index contributed by atoms with van der Waals surface area (Å²) in [6.45, 7) is 3.34. The first kappa shape index (κ1) is 17.3. The fourth-order valence-corrected chi connectivity index (χ4v) is 5.32. The number of amides is 1. The van der Waals surface area contributed by atoms with Gasteiger partial charge in [0.05, 0.1) is 11.4 Å². The van der Waals surface area contributed by atoms with E-state index < -0.39 is 10.0 Å². The lowest BCUT2D eigenvalue weighted by molar-refractivity contribution is -0.134. The summed E-state index contributed by atoms with van der Waals surface area (Å²) >= 11 is 0. The van der Waals surface area contributed by atoms with E-state index in [-0.39, 0.29) is 24.1 Å². The van der Waals surface area contributed by atoms with Crippen molar-refractivity contribution in [2.45, 2.75) is 51.5 Å². The summed E-state index contributed by atoms with van der Waals surface area (Å²) < 4.78 is 26.9. The molecule has 132 valence electrons. The Morgan fingerprint density at radius 3 is 2.79 bits per heavy atom. The number of benzene rings is 1. The summed E-state index contributed by atoms with van der Waals surface area (Å²) in [6, 6.07) is 7.88. The number of carbonyl (C=O) groups excluding carboxylic acids is 1. The lowest BCUT2D eigenvalue weighted by atomic mass is 10.00. The van der Waals surface area contributed by atoms with Crippen LogP contribution in [0.5, 0.6) is 0 Å². The van der Waals surface area contributed by atoms with Crippen molar-refractivity contribution in [3.05, 3.63) is 29.8 Å². The molecule has 24 heavy (non-hydrogen) atoms. The van der Waals surface area contributed by atoms with Crippen LogP contribution >= 0.6 is 0 Å². The maximum atomic E-state index is 12.7. The lowest BCUT2D eigenvalue weighted by Gasteiger charge is -2.35. The van der Waals surface area contributed by atoms with Crippen molar-refractivity contribution >= 4 is 21.6 Å². The van der Waals surface area contributed by atoms with E-state index in [4.69, 9.17) is 0 Å². The van der Waals surface area contributed by atoms with Crippen LogP contribution in [-0.4, -0.2) is 44.1 Å². The zero-order valence-electron chi connectivity index (χ0n) is 14.3. The van der Waals surface area contributed by atoms with E-state index in [1.165, 1.54) is 4.31 Å². The number of nitrogens with zero attached hydrogens (tertiary/aromatic N) is 2. The molecule has 0 radical (unpaired) electrons. The molecule has 6 heteroatoms. The van der Waals surface area contributed by atoms with Gasteiger partial charge in [0.25, 0.3) is 0 Å². The van der Waals surface area contributed by atoms with Crippen LogP contribution < -0.4 is 4.31 Å². The first-order valence-corrected chi connectivity index (χ1v) is 10.5. The summed E-state index contributed by atoms with van der Waals surface area (Å²) in [5, 5.41) is 0. The van der Waals surface area contributed by atoms with Gasteiger partial charge in [0.2, 0.25) is 15.9 Å². The molecule has 2 aliphatic rings.